The number of carbonyl (C=O) groups is 3. The normalized spacial score (nSPS) is 18.7. The van der Waals surface area contributed by atoms with Crippen molar-refractivity contribution in [1.82, 2.24) is 0 Å². The van der Waals surface area contributed by atoms with E-state index in [-0.39, 0.29) is 58.1 Å². The highest BCUT2D eigenvalue weighted by Gasteiger charge is 2.49. The highest BCUT2D eigenvalue weighted by molar-refractivity contribution is 5.82. The minimum absolute atomic E-state index is 0. The van der Waals surface area contributed by atoms with Gasteiger partial charge in [-0.1, -0.05) is 64.3 Å². The van der Waals surface area contributed by atoms with Crippen molar-refractivity contribution < 1.29 is 28.6 Å². The molecule has 0 radical (unpaired) electrons. The lowest BCUT2D eigenvalue weighted by Crippen LogP contribution is -2.47. The van der Waals surface area contributed by atoms with Crippen LogP contribution in [-0.4, -0.2) is 36.2 Å². The van der Waals surface area contributed by atoms with Gasteiger partial charge in [0.2, 0.25) is 6.10 Å². The van der Waals surface area contributed by atoms with E-state index in [2.05, 4.69) is 20.8 Å². The monoisotopic (exact) mass is 504 g/mol. The number of esters is 3. The fraction of sp³-hybridized carbons (Fsp3) is 0.897. The van der Waals surface area contributed by atoms with Crippen molar-refractivity contribution in [3.05, 3.63) is 0 Å². The zero-order valence-electron chi connectivity index (χ0n) is 21.2. The number of hydrogen-bond acceptors (Lipinski definition) is 6. The van der Waals surface area contributed by atoms with E-state index >= 15 is 0 Å². The van der Waals surface area contributed by atoms with Crippen LogP contribution >= 0.6 is 0 Å². The first-order valence-corrected chi connectivity index (χ1v) is 11.7. The molecule has 0 aromatic heterocycles. The minimum atomic E-state index is -0.687. The van der Waals surface area contributed by atoms with Gasteiger partial charge >= 0.3 is 17.9 Å². The Hall–Kier alpha value is -1.59. The molecule has 1 atom stereocenters. The predicted octanol–water partition coefficient (Wildman–Crippen LogP) is 8.15. The molecule has 2 fully saturated rings. The van der Waals surface area contributed by atoms with Crippen LogP contribution in [0.15, 0.2) is 0 Å². The van der Waals surface area contributed by atoms with E-state index in [4.69, 9.17) is 14.2 Å². The lowest BCUT2D eigenvalue weighted by Gasteiger charge is -2.42. The molecule has 0 bridgehead atoms. The zero-order valence-corrected chi connectivity index (χ0v) is 21.2. The van der Waals surface area contributed by atoms with Crippen molar-refractivity contribution in [3.63, 3.8) is 0 Å². The first-order valence-electron chi connectivity index (χ1n) is 11.7. The van der Waals surface area contributed by atoms with Crippen LogP contribution in [0, 0.1) is 16.2 Å². The summed E-state index contributed by atoms with van der Waals surface area (Å²) in [6, 6.07) is 0. The molecule has 1 saturated heterocycles. The summed E-state index contributed by atoms with van der Waals surface area (Å²) in [5.41, 5.74) is -1.09. The van der Waals surface area contributed by atoms with Gasteiger partial charge < -0.3 is 14.2 Å². The van der Waals surface area contributed by atoms with Crippen molar-refractivity contribution >= 4 is 17.9 Å². The predicted molar refractivity (Wildman–Crippen MR) is 147 cm³/mol. The molecule has 1 aliphatic heterocycles. The molecule has 1 saturated carbocycles. The SMILES string of the molecule is C.C.C.C.CCC(C)(C)C(=O)OC1(C(C)(C)C)CCCC1.CCC(C)(C)C(=O)OC1CCOC1=O. The Morgan fingerprint density at radius 3 is 1.63 bits per heavy atom. The van der Waals surface area contributed by atoms with E-state index in [1.54, 1.807) is 13.8 Å². The molecule has 1 unspecified atom stereocenters. The molecule has 0 aromatic carbocycles. The molecule has 1 heterocycles. The molecule has 0 amide bonds. The topological polar surface area (TPSA) is 78.9 Å². The Morgan fingerprint density at radius 1 is 0.857 bits per heavy atom. The number of carbonyl (C=O) groups excluding carboxylic acids is 3. The van der Waals surface area contributed by atoms with Crippen LogP contribution in [0.4, 0.5) is 0 Å². The van der Waals surface area contributed by atoms with Crippen LogP contribution in [0.5, 0.6) is 0 Å². The Kier molecular flexibility index (Phi) is 18.0. The summed E-state index contributed by atoms with van der Waals surface area (Å²) in [5, 5.41) is 0. The molecule has 2 aliphatic rings. The molecule has 2 rings (SSSR count). The Balaban J connectivity index is -0.000000250. The van der Waals surface area contributed by atoms with Crippen LogP contribution in [-0.2, 0) is 28.6 Å². The van der Waals surface area contributed by atoms with Gasteiger partial charge in [-0.25, -0.2) is 4.79 Å². The van der Waals surface area contributed by atoms with Gasteiger partial charge in [0.15, 0.2) is 0 Å². The van der Waals surface area contributed by atoms with Crippen LogP contribution < -0.4 is 0 Å². The maximum Gasteiger partial charge on any atom is 0.347 e. The van der Waals surface area contributed by atoms with E-state index in [1.807, 2.05) is 27.7 Å². The summed E-state index contributed by atoms with van der Waals surface area (Å²) in [6.45, 7) is 18.4. The summed E-state index contributed by atoms with van der Waals surface area (Å²) in [4.78, 5) is 34.9. The van der Waals surface area contributed by atoms with E-state index in [1.165, 1.54) is 12.8 Å². The average Bonchev–Trinajstić information content (AvgIpc) is 3.32. The average molecular weight is 505 g/mol. The first-order chi connectivity index (χ1) is 14.1. The number of ether oxygens (including phenoxy) is 3. The van der Waals surface area contributed by atoms with Gasteiger partial charge in [-0.2, -0.15) is 0 Å². The summed E-state index contributed by atoms with van der Waals surface area (Å²) in [5.74, 6) is -0.786. The molecular weight excluding hydrogens is 444 g/mol. The standard InChI is InChI=1S/C15H28O2.C10H16O4.4CH4/c1-7-14(5,6)12(16)17-15(13(2,3)4)10-8-9-11-15;1-4-10(2,3)9(12)14-7-5-6-13-8(7)11;;;;/h7-11H2,1-6H3;7H,4-6H2,1-3H3;4*1H4. The van der Waals surface area contributed by atoms with E-state index < -0.39 is 17.5 Å². The molecule has 35 heavy (non-hydrogen) atoms. The lowest BCUT2D eigenvalue weighted by atomic mass is 9.74. The molecule has 6 nitrogen and oxygen atoms in total. The number of rotatable bonds is 6. The smallest absolute Gasteiger partial charge is 0.347 e. The second kappa shape index (κ2) is 15.5. The zero-order chi connectivity index (χ0) is 24.1. The van der Waals surface area contributed by atoms with E-state index in [9.17, 15) is 14.4 Å². The van der Waals surface area contributed by atoms with Crippen LogP contribution in [0.3, 0.4) is 0 Å². The third-order valence-electron chi connectivity index (χ3n) is 7.08. The van der Waals surface area contributed by atoms with Gasteiger partial charge in [-0.15, -0.1) is 0 Å². The molecule has 0 N–H and O–H groups in total. The minimum Gasteiger partial charge on any atom is -0.463 e. The van der Waals surface area contributed by atoms with Crippen LogP contribution in [0.1, 0.15) is 137 Å². The van der Waals surface area contributed by atoms with Gasteiger partial charge in [0.05, 0.1) is 17.4 Å². The molecule has 212 valence electrons. The second-order valence-corrected chi connectivity index (χ2v) is 11.2. The highest BCUT2D eigenvalue weighted by Crippen LogP contribution is 2.47. The fourth-order valence-electron chi connectivity index (χ4n) is 3.43. The summed E-state index contributed by atoms with van der Waals surface area (Å²) < 4.78 is 15.7. The molecule has 1 aliphatic carbocycles. The highest BCUT2D eigenvalue weighted by atomic mass is 16.6. The van der Waals surface area contributed by atoms with Gasteiger partial charge in [0.25, 0.3) is 0 Å². The molecule has 0 spiro atoms. The Labute approximate surface area is 218 Å². The molecule has 6 heteroatoms. The third kappa shape index (κ3) is 10.5. The van der Waals surface area contributed by atoms with Gasteiger partial charge in [0, 0.05) is 11.8 Å². The van der Waals surface area contributed by atoms with Crippen molar-refractivity contribution in [1.29, 1.82) is 0 Å². The van der Waals surface area contributed by atoms with Gasteiger partial charge in [-0.3, -0.25) is 9.59 Å². The fourth-order valence-corrected chi connectivity index (χ4v) is 3.43. The van der Waals surface area contributed by atoms with Crippen molar-refractivity contribution in [2.24, 2.45) is 16.2 Å². The summed E-state index contributed by atoms with van der Waals surface area (Å²) >= 11 is 0. The quantitative estimate of drug-likeness (QED) is 0.268. The van der Waals surface area contributed by atoms with Crippen molar-refractivity contribution in [2.75, 3.05) is 6.61 Å². The maximum absolute atomic E-state index is 12.3. The third-order valence-corrected chi connectivity index (χ3v) is 7.08. The summed E-state index contributed by atoms with van der Waals surface area (Å²) in [6.07, 6.45) is 5.69. The van der Waals surface area contributed by atoms with Crippen molar-refractivity contribution in [2.45, 2.75) is 149 Å². The largest absolute Gasteiger partial charge is 0.463 e. The first kappa shape index (κ1) is 40.6. The maximum atomic E-state index is 12.3. The van der Waals surface area contributed by atoms with Crippen LogP contribution in [0.25, 0.3) is 0 Å². The Bertz CT molecular complexity index is 636. The second-order valence-electron chi connectivity index (χ2n) is 11.2. The molecular formula is C29H60O6. The van der Waals surface area contributed by atoms with Crippen molar-refractivity contribution in [3.8, 4) is 0 Å². The van der Waals surface area contributed by atoms with Crippen LogP contribution in [0.2, 0.25) is 0 Å². The van der Waals surface area contributed by atoms with Gasteiger partial charge in [0.1, 0.15) is 5.60 Å². The molecule has 0 aromatic rings. The van der Waals surface area contributed by atoms with E-state index in [0.717, 1.165) is 19.3 Å². The Morgan fingerprint density at radius 2 is 1.29 bits per heavy atom. The number of hydrogen-bond donors (Lipinski definition) is 0. The van der Waals surface area contributed by atoms with E-state index in [0.29, 0.717) is 19.4 Å². The summed E-state index contributed by atoms with van der Waals surface area (Å²) in [7, 11) is 0. The van der Waals surface area contributed by atoms with Gasteiger partial charge in [-0.05, 0) is 66.2 Å². The lowest BCUT2D eigenvalue weighted by molar-refractivity contribution is -0.183. The number of cyclic esters (lactones) is 1.